The molecule has 7 heteroatoms. The van der Waals surface area contributed by atoms with Crippen molar-refractivity contribution >= 4 is 16.8 Å². The van der Waals surface area contributed by atoms with Gasteiger partial charge in [-0.15, -0.1) is 0 Å². The topological polar surface area (TPSA) is 72.9 Å². The van der Waals surface area contributed by atoms with Crippen molar-refractivity contribution in [1.29, 1.82) is 0 Å². The zero-order valence-electron chi connectivity index (χ0n) is 16.6. The largest absolute Gasteiger partial charge is 0.481 e. The lowest BCUT2D eigenvalue weighted by Crippen LogP contribution is -2.34. The normalized spacial score (nSPS) is 13.5. The molecule has 3 aromatic rings. The van der Waals surface area contributed by atoms with E-state index >= 15 is 0 Å². The van der Waals surface area contributed by atoms with Gasteiger partial charge in [0, 0.05) is 18.0 Å². The van der Waals surface area contributed by atoms with Gasteiger partial charge in [0.2, 0.25) is 12.7 Å². The summed E-state index contributed by atoms with van der Waals surface area (Å²) in [5, 5.41) is 3.84. The standard InChI is InChI=1S/C22H23N3O4/c1-25(2)18(14-8-9-19-20(10-14)29-13-28-19)12-23-22(26)16-11-21(27-3)24-17-7-5-4-6-15(16)17/h4-11,18H,12-13H2,1-3H3,(H,23,26)/t18-/m0/s1. The number of para-hydroxylation sites is 1. The van der Waals surface area contributed by atoms with Gasteiger partial charge in [-0.2, -0.15) is 0 Å². The number of aromatic nitrogens is 1. The van der Waals surface area contributed by atoms with Gasteiger partial charge in [-0.05, 0) is 37.9 Å². The Morgan fingerprint density at radius 2 is 1.97 bits per heavy atom. The van der Waals surface area contributed by atoms with Crippen LogP contribution in [-0.4, -0.2) is 50.3 Å². The fourth-order valence-electron chi connectivity index (χ4n) is 3.45. The number of carbonyl (C=O) groups is 1. The molecule has 1 aromatic heterocycles. The van der Waals surface area contributed by atoms with E-state index in [0.717, 1.165) is 28.0 Å². The van der Waals surface area contributed by atoms with Gasteiger partial charge in [-0.3, -0.25) is 4.79 Å². The van der Waals surface area contributed by atoms with Crippen molar-refractivity contribution in [3.8, 4) is 17.4 Å². The Morgan fingerprint density at radius 3 is 2.76 bits per heavy atom. The highest BCUT2D eigenvalue weighted by atomic mass is 16.7. The molecule has 0 fully saturated rings. The highest BCUT2D eigenvalue weighted by Gasteiger charge is 2.21. The average Bonchev–Trinajstić information content (AvgIpc) is 3.20. The predicted octanol–water partition coefficient (Wildman–Crippen LogP) is 3.00. The third-order valence-electron chi connectivity index (χ3n) is 5.01. The average molecular weight is 393 g/mol. The van der Waals surface area contributed by atoms with Crippen LogP contribution in [0, 0.1) is 0 Å². The smallest absolute Gasteiger partial charge is 0.252 e. The summed E-state index contributed by atoms with van der Waals surface area (Å²) in [6.45, 7) is 0.670. The lowest BCUT2D eigenvalue weighted by atomic mass is 10.0. The van der Waals surface area contributed by atoms with Crippen LogP contribution in [-0.2, 0) is 0 Å². The Morgan fingerprint density at radius 1 is 1.17 bits per heavy atom. The minimum absolute atomic E-state index is 0.0246. The SMILES string of the molecule is COc1cc(C(=O)NC[C@@H](c2ccc3c(c2)OCO3)N(C)C)c2ccccc2n1. The monoisotopic (exact) mass is 393 g/mol. The zero-order valence-corrected chi connectivity index (χ0v) is 16.6. The van der Waals surface area contributed by atoms with Gasteiger partial charge >= 0.3 is 0 Å². The van der Waals surface area contributed by atoms with Crippen molar-refractivity contribution in [2.45, 2.75) is 6.04 Å². The summed E-state index contributed by atoms with van der Waals surface area (Å²) >= 11 is 0. The van der Waals surface area contributed by atoms with E-state index < -0.39 is 0 Å². The van der Waals surface area contributed by atoms with E-state index in [1.807, 2.05) is 56.6 Å². The number of rotatable bonds is 6. The van der Waals surface area contributed by atoms with E-state index in [1.54, 1.807) is 13.2 Å². The summed E-state index contributed by atoms with van der Waals surface area (Å²) in [5.74, 6) is 1.71. The Kier molecular flexibility index (Phi) is 5.22. The first-order valence-electron chi connectivity index (χ1n) is 9.35. The molecular formula is C22H23N3O4. The third kappa shape index (κ3) is 3.82. The zero-order chi connectivity index (χ0) is 20.4. The molecule has 1 aliphatic heterocycles. The molecule has 0 bridgehead atoms. The van der Waals surface area contributed by atoms with Gasteiger partial charge in [-0.25, -0.2) is 4.98 Å². The molecule has 0 saturated carbocycles. The second kappa shape index (κ2) is 7.97. The summed E-state index contributed by atoms with van der Waals surface area (Å²) in [7, 11) is 5.50. The van der Waals surface area contributed by atoms with Crippen molar-refractivity contribution in [3.63, 3.8) is 0 Å². The number of ether oxygens (including phenoxy) is 3. The van der Waals surface area contributed by atoms with Crippen LogP contribution < -0.4 is 19.5 Å². The molecule has 0 saturated heterocycles. The van der Waals surface area contributed by atoms with Gasteiger partial charge in [0.05, 0.1) is 24.2 Å². The number of methoxy groups -OCH3 is 1. The van der Waals surface area contributed by atoms with E-state index in [9.17, 15) is 4.79 Å². The Bertz CT molecular complexity index is 1050. The molecule has 1 aliphatic rings. The number of benzene rings is 2. The number of pyridine rings is 1. The van der Waals surface area contributed by atoms with E-state index in [0.29, 0.717) is 18.0 Å². The molecule has 1 amide bonds. The number of nitrogens with one attached hydrogen (secondary N) is 1. The van der Waals surface area contributed by atoms with E-state index in [1.165, 1.54) is 0 Å². The Balaban J connectivity index is 1.57. The number of nitrogens with zero attached hydrogens (tertiary/aromatic N) is 2. The van der Waals surface area contributed by atoms with Gasteiger partial charge in [0.1, 0.15) is 0 Å². The Labute approximate surface area is 169 Å². The summed E-state index contributed by atoms with van der Waals surface area (Å²) < 4.78 is 16.1. The van der Waals surface area contributed by atoms with Crippen molar-refractivity contribution in [2.75, 3.05) is 34.5 Å². The maximum absolute atomic E-state index is 13.0. The van der Waals surface area contributed by atoms with Gasteiger partial charge in [0.15, 0.2) is 11.5 Å². The van der Waals surface area contributed by atoms with Crippen LogP contribution in [0.1, 0.15) is 22.0 Å². The van der Waals surface area contributed by atoms with Crippen LogP contribution in [0.3, 0.4) is 0 Å². The molecule has 2 aromatic carbocycles. The van der Waals surface area contributed by atoms with E-state index in [-0.39, 0.29) is 18.7 Å². The first-order valence-corrected chi connectivity index (χ1v) is 9.35. The summed E-state index contributed by atoms with van der Waals surface area (Å²) in [6.07, 6.45) is 0. The van der Waals surface area contributed by atoms with Crippen LogP contribution in [0.2, 0.25) is 0 Å². The number of hydrogen-bond donors (Lipinski definition) is 1. The molecule has 1 N–H and O–H groups in total. The first kappa shape index (κ1) is 19.0. The van der Waals surface area contributed by atoms with Crippen LogP contribution in [0.15, 0.2) is 48.5 Å². The van der Waals surface area contributed by atoms with Crippen LogP contribution >= 0.6 is 0 Å². The summed E-state index contributed by atoms with van der Waals surface area (Å²) in [6, 6.07) is 15.0. The fraction of sp³-hybridized carbons (Fsp3) is 0.273. The molecule has 0 aliphatic carbocycles. The van der Waals surface area contributed by atoms with E-state index in [4.69, 9.17) is 14.2 Å². The highest BCUT2D eigenvalue weighted by molar-refractivity contribution is 6.06. The molecule has 0 unspecified atom stereocenters. The quantitative estimate of drug-likeness (QED) is 0.694. The minimum Gasteiger partial charge on any atom is -0.481 e. The van der Waals surface area contributed by atoms with Crippen molar-refractivity contribution < 1.29 is 19.0 Å². The number of amides is 1. The summed E-state index contributed by atoms with van der Waals surface area (Å²) in [4.78, 5) is 19.5. The number of likely N-dealkylation sites (N-methyl/N-ethyl adjacent to an activating group) is 1. The third-order valence-corrected chi connectivity index (χ3v) is 5.01. The second-order valence-corrected chi connectivity index (χ2v) is 7.03. The van der Waals surface area contributed by atoms with Gasteiger partial charge in [-0.1, -0.05) is 24.3 Å². The molecule has 0 radical (unpaired) electrons. The fourth-order valence-corrected chi connectivity index (χ4v) is 3.45. The minimum atomic E-state index is -0.172. The van der Waals surface area contributed by atoms with Crippen molar-refractivity contribution in [2.24, 2.45) is 0 Å². The summed E-state index contributed by atoms with van der Waals surface area (Å²) in [5.41, 5.74) is 2.30. The van der Waals surface area contributed by atoms with Crippen LogP contribution in [0.4, 0.5) is 0 Å². The van der Waals surface area contributed by atoms with E-state index in [2.05, 4.69) is 15.2 Å². The molecule has 4 rings (SSSR count). The van der Waals surface area contributed by atoms with Crippen LogP contribution in [0.25, 0.3) is 10.9 Å². The predicted molar refractivity (Wildman–Crippen MR) is 110 cm³/mol. The van der Waals surface area contributed by atoms with Gasteiger partial charge < -0.3 is 24.4 Å². The van der Waals surface area contributed by atoms with Crippen LogP contribution in [0.5, 0.6) is 17.4 Å². The Hall–Kier alpha value is -3.32. The molecule has 0 spiro atoms. The molecule has 150 valence electrons. The lowest BCUT2D eigenvalue weighted by Gasteiger charge is -2.25. The molecular weight excluding hydrogens is 370 g/mol. The maximum atomic E-state index is 13.0. The van der Waals surface area contributed by atoms with Crippen molar-refractivity contribution in [1.82, 2.24) is 15.2 Å². The molecule has 1 atom stereocenters. The highest BCUT2D eigenvalue weighted by Crippen LogP contribution is 2.35. The molecule has 7 nitrogen and oxygen atoms in total. The van der Waals surface area contributed by atoms with Crippen molar-refractivity contribution in [3.05, 3.63) is 59.7 Å². The lowest BCUT2D eigenvalue weighted by molar-refractivity contribution is 0.0943. The number of fused-ring (bicyclic) bond motifs is 2. The number of hydrogen-bond acceptors (Lipinski definition) is 6. The van der Waals surface area contributed by atoms with Gasteiger partial charge in [0.25, 0.3) is 5.91 Å². The second-order valence-electron chi connectivity index (χ2n) is 7.03. The molecule has 2 heterocycles. The molecule has 29 heavy (non-hydrogen) atoms. The first-order chi connectivity index (χ1) is 14.1. The maximum Gasteiger partial charge on any atom is 0.252 e. The number of carbonyl (C=O) groups excluding carboxylic acids is 1.